The van der Waals surface area contributed by atoms with Gasteiger partial charge < -0.3 is 15.4 Å². The Labute approximate surface area is 96.2 Å². The van der Waals surface area contributed by atoms with Crippen LogP contribution in [-0.2, 0) is 4.74 Å². The molecule has 1 amide bonds. The molecule has 1 saturated heterocycles. The maximum atomic E-state index is 11.7. The Kier molecular flexibility index (Phi) is 3.76. The third-order valence-corrected chi connectivity index (χ3v) is 2.50. The predicted octanol–water partition coefficient (Wildman–Crippen LogP) is 1.09. The first kappa shape index (κ1) is 12.8. The zero-order chi connectivity index (χ0) is 12.3. The summed E-state index contributed by atoms with van der Waals surface area (Å²) in [5, 5.41) is 8.62. The van der Waals surface area contributed by atoms with Crippen molar-refractivity contribution < 1.29 is 9.53 Å². The van der Waals surface area contributed by atoms with Crippen molar-refractivity contribution in [1.29, 1.82) is 5.26 Å². The van der Waals surface area contributed by atoms with Gasteiger partial charge in [-0.2, -0.15) is 5.26 Å². The summed E-state index contributed by atoms with van der Waals surface area (Å²) in [6.45, 7) is 6.47. The molecule has 1 aliphatic heterocycles. The van der Waals surface area contributed by atoms with Gasteiger partial charge in [0.25, 0.3) is 0 Å². The van der Waals surface area contributed by atoms with Crippen LogP contribution in [-0.4, -0.2) is 35.7 Å². The van der Waals surface area contributed by atoms with E-state index in [1.807, 2.05) is 20.8 Å². The fraction of sp³-hybridized carbons (Fsp3) is 0.818. The van der Waals surface area contributed by atoms with Gasteiger partial charge in [0, 0.05) is 31.5 Å². The van der Waals surface area contributed by atoms with Gasteiger partial charge >= 0.3 is 6.09 Å². The number of amides is 1. The Morgan fingerprint density at radius 3 is 2.69 bits per heavy atom. The monoisotopic (exact) mass is 225 g/mol. The van der Waals surface area contributed by atoms with Crippen LogP contribution >= 0.6 is 0 Å². The van der Waals surface area contributed by atoms with E-state index in [2.05, 4.69) is 6.07 Å². The molecule has 0 unspecified atom stereocenters. The molecule has 1 heterocycles. The second kappa shape index (κ2) is 4.71. The summed E-state index contributed by atoms with van der Waals surface area (Å²) in [6.07, 6.45) is 0.0453. The number of carbonyl (C=O) groups is 1. The average molecular weight is 225 g/mol. The topological polar surface area (TPSA) is 79.3 Å². The molecule has 1 rings (SSSR count). The van der Waals surface area contributed by atoms with Crippen LogP contribution in [0.4, 0.5) is 4.79 Å². The lowest BCUT2D eigenvalue weighted by Crippen LogP contribution is -2.36. The van der Waals surface area contributed by atoms with Crippen LogP contribution in [0.5, 0.6) is 0 Å². The minimum atomic E-state index is -0.492. The maximum Gasteiger partial charge on any atom is 0.410 e. The highest BCUT2D eigenvalue weighted by atomic mass is 16.6. The van der Waals surface area contributed by atoms with Crippen LogP contribution in [0.25, 0.3) is 0 Å². The van der Waals surface area contributed by atoms with Crippen molar-refractivity contribution in [3.8, 4) is 6.07 Å². The number of ether oxygens (including phenoxy) is 1. The molecule has 0 aromatic rings. The zero-order valence-electron chi connectivity index (χ0n) is 10.1. The van der Waals surface area contributed by atoms with E-state index in [1.165, 1.54) is 0 Å². The molecule has 2 atom stereocenters. The van der Waals surface area contributed by atoms with Gasteiger partial charge in [-0.1, -0.05) is 0 Å². The van der Waals surface area contributed by atoms with Crippen molar-refractivity contribution in [2.45, 2.75) is 38.8 Å². The maximum absolute atomic E-state index is 11.7. The van der Waals surface area contributed by atoms with Gasteiger partial charge in [0.15, 0.2) is 0 Å². The number of likely N-dealkylation sites (tertiary alicyclic amines) is 1. The second-order valence-electron chi connectivity index (χ2n) is 5.17. The number of carbonyl (C=O) groups excluding carboxylic acids is 1. The Morgan fingerprint density at radius 2 is 2.19 bits per heavy atom. The summed E-state index contributed by atoms with van der Waals surface area (Å²) in [5.41, 5.74) is 5.36. The van der Waals surface area contributed by atoms with Gasteiger partial charge in [0.1, 0.15) is 5.60 Å². The second-order valence-corrected chi connectivity index (χ2v) is 5.17. The Balaban J connectivity index is 2.52. The minimum absolute atomic E-state index is 0.0671. The van der Waals surface area contributed by atoms with E-state index in [1.54, 1.807) is 4.90 Å². The van der Waals surface area contributed by atoms with Crippen molar-refractivity contribution in [2.24, 2.45) is 11.7 Å². The minimum Gasteiger partial charge on any atom is -0.444 e. The summed E-state index contributed by atoms with van der Waals surface area (Å²) >= 11 is 0. The Bertz CT molecular complexity index is 303. The molecule has 1 fully saturated rings. The summed E-state index contributed by atoms with van der Waals surface area (Å²) < 4.78 is 5.24. The molecule has 0 saturated carbocycles. The number of rotatable bonds is 1. The third-order valence-electron chi connectivity index (χ3n) is 2.50. The Morgan fingerprint density at radius 1 is 1.56 bits per heavy atom. The third kappa shape index (κ3) is 3.38. The van der Waals surface area contributed by atoms with Crippen molar-refractivity contribution in [1.82, 2.24) is 4.90 Å². The molecule has 1 aliphatic rings. The lowest BCUT2D eigenvalue weighted by molar-refractivity contribution is 0.0287. The van der Waals surface area contributed by atoms with E-state index in [0.717, 1.165) is 0 Å². The smallest absolute Gasteiger partial charge is 0.410 e. The Hall–Kier alpha value is -1.28. The molecule has 2 N–H and O–H groups in total. The summed E-state index contributed by atoms with van der Waals surface area (Å²) in [7, 11) is 0. The SMILES string of the molecule is CC(C)(C)OC(=O)N1C[C@@H](CC#N)[C@@H](N)C1. The van der Waals surface area contributed by atoms with E-state index in [0.29, 0.717) is 19.5 Å². The summed E-state index contributed by atoms with van der Waals surface area (Å²) in [5.74, 6) is 0.0671. The quantitative estimate of drug-likeness (QED) is 0.724. The van der Waals surface area contributed by atoms with Crippen LogP contribution in [0, 0.1) is 17.2 Å². The normalized spacial score (nSPS) is 25.3. The molecule has 5 heteroatoms. The predicted molar refractivity (Wildman–Crippen MR) is 59.5 cm³/mol. The largest absolute Gasteiger partial charge is 0.444 e. The van der Waals surface area contributed by atoms with E-state index >= 15 is 0 Å². The van der Waals surface area contributed by atoms with Crippen LogP contribution in [0.1, 0.15) is 27.2 Å². The van der Waals surface area contributed by atoms with Gasteiger partial charge in [0.05, 0.1) is 6.07 Å². The van der Waals surface area contributed by atoms with Gasteiger partial charge in [-0.05, 0) is 20.8 Å². The van der Waals surface area contributed by atoms with Gasteiger partial charge in [-0.15, -0.1) is 0 Å². The van der Waals surface area contributed by atoms with Crippen LogP contribution in [0.3, 0.4) is 0 Å². The number of nitrogens with zero attached hydrogens (tertiary/aromatic N) is 2. The molecule has 5 nitrogen and oxygen atoms in total. The van der Waals surface area contributed by atoms with E-state index in [-0.39, 0.29) is 18.1 Å². The highest BCUT2D eigenvalue weighted by Crippen LogP contribution is 2.20. The molecular formula is C11H19N3O2. The molecule has 16 heavy (non-hydrogen) atoms. The van der Waals surface area contributed by atoms with Crippen molar-refractivity contribution in [2.75, 3.05) is 13.1 Å². The first-order chi connectivity index (χ1) is 7.33. The lowest BCUT2D eigenvalue weighted by Gasteiger charge is -2.24. The first-order valence-electron chi connectivity index (χ1n) is 5.44. The molecule has 0 radical (unpaired) electrons. The molecule has 0 aliphatic carbocycles. The fourth-order valence-corrected chi connectivity index (χ4v) is 1.71. The number of hydrogen-bond donors (Lipinski definition) is 1. The van der Waals surface area contributed by atoms with E-state index in [4.69, 9.17) is 15.7 Å². The first-order valence-corrected chi connectivity index (χ1v) is 5.44. The van der Waals surface area contributed by atoms with E-state index < -0.39 is 5.60 Å². The molecule has 0 bridgehead atoms. The van der Waals surface area contributed by atoms with Crippen LogP contribution < -0.4 is 5.73 Å². The molecule has 0 aromatic carbocycles. The van der Waals surface area contributed by atoms with Gasteiger partial charge in [-0.25, -0.2) is 4.79 Å². The highest BCUT2D eigenvalue weighted by molar-refractivity contribution is 5.68. The molecule has 0 spiro atoms. The molecule has 0 aromatic heterocycles. The molecular weight excluding hydrogens is 206 g/mol. The zero-order valence-corrected chi connectivity index (χ0v) is 10.1. The lowest BCUT2D eigenvalue weighted by atomic mass is 10.0. The van der Waals surface area contributed by atoms with Crippen molar-refractivity contribution >= 4 is 6.09 Å². The van der Waals surface area contributed by atoms with E-state index in [9.17, 15) is 4.79 Å². The van der Waals surface area contributed by atoms with Gasteiger partial charge in [-0.3, -0.25) is 0 Å². The fourth-order valence-electron chi connectivity index (χ4n) is 1.71. The molecule has 90 valence electrons. The van der Waals surface area contributed by atoms with Crippen molar-refractivity contribution in [3.05, 3.63) is 0 Å². The number of nitrogens with two attached hydrogens (primary N) is 1. The highest BCUT2D eigenvalue weighted by Gasteiger charge is 2.34. The summed E-state index contributed by atoms with van der Waals surface area (Å²) in [6, 6.07) is 1.97. The number of nitriles is 1. The average Bonchev–Trinajstić information content (AvgIpc) is 2.46. The van der Waals surface area contributed by atoms with Crippen molar-refractivity contribution in [3.63, 3.8) is 0 Å². The standard InChI is InChI=1S/C11H19N3O2/c1-11(2,3)16-10(15)14-6-8(4-5-12)9(13)7-14/h8-9H,4,6-7,13H2,1-3H3/t8-,9+/m1/s1. The summed E-state index contributed by atoms with van der Waals surface area (Å²) in [4.78, 5) is 13.3. The van der Waals surface area contributed by atoms with Crippen LogP contribution in [0.2, 0.25) is 0 Å². The van der Waals surface area contributed by atoms with Crippen LogP contribution in [0.15, 0.2) is 0 Å². The van der Waals surface area contributed by atoms with Gasteiger partial charge in [0.2, 0.25) is 0 Å². The number of hydrogen-bond acceptors (Lipinski definition) is 4.